The molecule has 0 aromatic rings. The number of amides is 1. The molecule has 0 radical (unpaired) electrons. The first-order valence-electron chi connectivity index (χ1n) is 4.60. The third-order valence-corrected chi connectivity index (χ3v) is 3.79. The van der Waals surface area contributed by atoms with Crippen molar-refractivity contribution in [2.24, 2.45) is 0 Å². The molecule has 2 atom stereocenters. The molecule has 88 valence electrons. The van der Waals surface area contributed by atoms with Crippen LogP contribution in [0.25, 0.3) is 0 Å². The zero-order chi connectivity index (χ0) is 12.2. The number of carboxylic acids is 1. The van der Waals surface area contributed by atoms with Gasteiger partial charge in [-0.25, -0.2) is 4.79 Å². The monoisotopic (exact) mass is 235 g/mol. The zero-order valence-corrected chi connectivity index (χ0v) is 10.2. The minimum atomic E-state index is -1.23. The van der Waals surface area contributed by atoms with Crippen LogP contribution in [0.1, 0.15) is 20.8 Å². The highest BCUT2D eigenvalue weighted by molar-refractivity contribution is 7.85. The van der Waals surface area contributed by atoms with Crippen molar-refractivity contribution < 1.29 is 18.9 Å². The van der Waals surface area contributed by atoms with Crippen LogP contribution in [0.5, 0.6) is 0 Å². The second-order valence-corrected chi connectivity index (χ2v) is 5.62. The molecule has 0 aliphatic carbocycles. The molecule has 0 fully saturated rings. The maximum Gasteiger partial charge on any atom is 0.327 e. The third kappa shape index (κ3) is 4.42. The fourth-order valence-corrected chi connectivity index (χ4v) is 1.98. The van der Waals surface area contributed by atoms with Crippen molar-refractivity contribution in [2.75, 3.05) is 12.8 Å². The Morgan fingerprint density at radius 1 is 1.40 bits per heavy atom. The second kappa shape index (κ2) is 5.85. The SMILES string of the molecule is CC(=O)N(C)C(CS(=O)C(C)C)C(=O)O. The molecule has 0 aromatic heterocycles. The predicted molar refractivity (Wildman–Crippen MR) is 58.0 cm³/mol. The van der Waals surface area contributed by atoms with Crippen molar-refractivity contribution in [3.63, 3.8) is 0 Å². The molecule has 0 aromatic carbocycles. The number of rotatable bonds is 5. The average molecular weight is 235 g/mol. The lowest BCUT2D eigenvalue weighted by molar-refractivity contribution is -0.147. The summed E-state index contributed by atoms with van der Waals surface area (Å²) < 4.78 is 11.5. The first kappa shape index (κ1) is 14.1. The summed E-state index contributed by atoms with van der Waals surface area (Å²) in [4.78, 5) is 23.0. The molecular formula is C9H17NO4S. The lowest BCUT2D eigenvalue weighted by Crippen LogP contribution is -2.45. The highest BCUT2D eigenvalue weighted by atomic mass is 32.2. The van der Waals surface area contributed by atoms with Crippen LogP contribution in [0.2, 0.25) is 0 Å². The minimum Gasteiger partial charge on any atom is -0.480 e. The molecule has 0 saturated heterocycles. The van der Waals surface area contributed by atoms with Crippen molar-refractivity contribution in [2.45, 2.75) is 32.1 Å². The number of hydrogen-bond acceptors (Lipinski definition) is 3. The van der Waals surface area contributed by atoms with E-state index < -0.39 is 22.8 Å². The van der Waals surface area contributed by atoms with Gasteiger partial charge in [0.25, 0.3) is 0 Å². The Morgan fingerprint density at radius 2 is 1.87 bits per heavy atom. The molecule has 5 nitrogen and oxygen atoms in total. The van der Waals surface area contributed by atoms with E-state index in [0.717, 1.165) is 4.90 Å². The first-order valence-corrected chi connectivity index (χ1v) is 5.99. The Morgan fingerprint density at radius 3 is 2.13 bits per heavy atom. The number of likely N-dealkylation sites (N-methyl/N-ethyl adjacent to an activating group) is 1. The van der Waals surface area contributed by atoms with Crippen molar-refractivity contribution >= 4 is 22.7 Å². The van der Waals surface area contributed by atoms with Gasteiger partial charge in [0.05, 0.1) is 5.75 Å². The molecule has 2 unspecified atom stereocenters. The van der Waals surface area contributed by atoms with E-state index in [9.17, 15) is 13.8 Å². The Labute approximate surface area is 91.9 Å². The highest BCUT2D eigenvalue weighted by Crippen LogP contribution is 2.04. The molecule has 15 heavy (non-hydrogen) atoms. The molecule has 0 bridgehead atoms. The van der Waals surface area contributed by atoms with Gasteiger partial charge < -0.3 is 10.0 Å². The van der Waals surface area contributed by atoms with Gasteiger partial charge in [-0.15, -0.1) is 0 Å². The van der Waals surface area contributed by atoms with E-state index in [0.29, 0.717) is 0 Å². The first-order chi connectivity index (χ1) is 6.77. The van der Waals surface area contributed by atoms with Gasteiger partial charge >= 0.3 is 5.97 Å². The summed E-state index contributed by atoms with van der Waals surface area (Å²) in [5.74, 6) is -1.49. The van der Waals surface area contributed by atoms with Crippen molar-refractivity contribution in [3.8, 4) is 0 Å². The molecule has 0 aliphatic heterocycles. The Balaban J connectivity index is 4.62. The molecule has 1 N–H and O–H groups in total. The van der Waals surface area contributed by atoms with Crippen molar-refractivity contribution in [1.82, 2.24) is 4.90 Å². The largest absolute Gasteiger partial charge is 0.480 e. The lowest BCUT2D eigenvalue weighted by Gasteiger charge is -2.23. The lowest BCUT2D eigenvalue weighted by atomic mass is 10.3. The van der Waals surface area contributed by atoms with Gasteiger partial charge in [0, 0.05) is 30.0 Å². The Bertz CT molecular complexity index is 277. The van der Waals surface area contributed by atoms with Gasteiger partial charge in [0.2, 0.25) is 5.91 Å². The minimum absolute atomic E-state index is 0.0247. The molecule has 0 rings (SSSR count). The van der Waals surface area contributed by atoms with Crippen LogP contribution in [0, 0.1) is 0 Å². The fraction of sp³-hybridized carbons (Fsp3) is 0.778. The number of carboxylic acid groups (broad SMARTS) is 1. The predicted octanol–water partition coefficient (Wildman–Crippen LogP) is 0.0750. The van der Waals surface area contributed by atoms with Crippen molar-refractivity contribution in [3.05, 3.63) is 0 Å². The standard InChI is InChI=1S/C9H17NO4S/c1-6(2)15(14)5-8(9(12)13)10(4)7(3)11/h6,8H,5H2,1-4H3,(H,12,13). The summed E-state index contributed by atoms with van der Waals surface area (Å²) in [6, 6.07) is -1.01. The number of carbonyl (C=O) groups is 2. The summed E-state index contributed by atoms with van der Waals surface area (Å²) in [6.07, 6.45) is 0. The van der Waals surface area contributed by atoms with E-state index >= 15 is 0 Å². The van der Waals surface area contributed by atoms with Crippen LogP contribution in [0.4, 0.5) is 0 Å². The quantitative estimate of drug-likeness (QED) is 0.732. The summed E-state index contributed by atoms with van der Waals surface area (Å²) in [5, 5.41) is 8.79. The average Bonchev–Trinajstić information content (AvgIpc) is 2.11. The van der Waals surface area contributed by atoms with E-state index in [1.165, 1.54) is 14.0 Å². The van der Waals surface area contributed by atoms with Gasteiger partial charge in [-0.1, -0.05) is 13.8 Å². The molecule has 0 aliphatic rings. The van der Waals surface area contributed by atoms with Gasteiger partial charge in [-0.05, 0) is 0 Å². The van der Waals surface area contributed by atoms with Crippen LogP contribution >= 0.6 is 0 Å². The van der Waals surface area contributed by atoms with E-state index in [4.69, 9.17) is 5.11 Å². The van der Waals surface area contributed by atoms with Gasteiger partial charge in [-0.3, -0.25) is 9.00 Å². The molecule has 6 heteroatoms. The maximum atomic E-state index is 11.5. The van der Waals surface area contributed by atoms with Gasteiger partial charge in [-0.2, -0.15) is 0 Å². The Kier molecular flexibility index (Phi) is 5.49. The number of hydrogen-bond donors (Lipinski definition) is 1. The van der Waals surface area contributed by atoms with E-state index in [-0.39, 0.29) is 16.9 Å². The van der Waals surface area contributed by atoms with Crippen LogP contribution < -0.4 is 0 Å². The normalized spacial score (nSPS) is 14.7. The summed E-state index contributed by atoms with van der Waals surface area (Å²) >= 11 is 0. The highest BCUT2D eigenvalue weighted by Gasteiger charge is 2.27. The number of aliphatic carboxylic acids is 1. The van der Waals surface area contributed by atoms with E-state index in [1.807, 2.05) is 0 Å². The molecule has 0 spiro atoms. The summed E-state index contributed by atoms with van der Waals surface area (Å²) in [5.41, 5.74) is 0. The van der Waals surface area contributed by atoms with Crippen LogP contribution in [-0.4, -0.2) is 50.2 Å². The second-order valence-electron chi connectivity index (χ2n) is 3.58. The molecular weight excluding hydrogens is 218 g/mol. The summed E-state index contributed by atoms with van der Waals surface area (Å²) in [6.45, 7) is 4.79. The molecule has 1 amide bonds. The van der Waals surface area contributed by atoms with Crippen LogP contribution in [-0.2, 0) is 20.4 Å². The topological polar surface area (TPSA) is 74.7 Å². The summed E-state index contributed by atoms with van der Waals surface area (Å²) in [7, 11) is 0.167. The maximum absolute atomic E-state index is 11.5. The van der Waals surface area contributed by atoms with Crippen LogP contribution in [0.15, 0.2) is 0 Å². The van der Waals surface area contributed by atoms with Crippen molar-refractivity contribution in [1.29, 1.82) is 0 Å². The van der Waals surface area contributed by atoms with Gasteiger partial charge in [0.1, 0.15) is 6.04 Å². The van der Waals surface area contributed by atoms with Gasteiger partial charge in [0.15, 0.2) is 0 Å². The van der Waals surface area contributed by atoms with E-state index in [1.54, 1.807) is 13.8 Å². The molecule has 0 heterocycles. The Hall–Kier alpha value is -0.910. The fourth-order valence-electron chi connectivity index (χ4n) is 0.916. The smallest absolute Gasteiger partial charge is 0.327 e. The number of nitrogens with zero attached hydrogens (tertiary/aromatic N) is 1. The zero-order valence-electron chi connectivity index (χ0n) is 9.39. The molecule has 0 saturated carbocycles. The van der Waals surface area contributed by atoms with E-state index in [2.05, 4.69) is 0 Å². The van der Waals surface area contributed by atoms with Crippen LogP contribution in [0.3, 0.4) is 0 Å². The number of carbonyl (C=O) groups excluding carboxylic acids is 1. The third-order valence-electron chi connectivity index (χ3n) is 2.10.